The van der Waals surface area contributed by atoms with E-state index in [1.807, 2.05) is 14.1 Å². The topological polar surface area (TPSA) is 110 Å². The Balaban J connectivity index is 0. The van der Waals surface area contributed by atoms with Gasteiger partial charge in [0, 0.05) is 20.5 Å². The van der Waals surface area contributed by atoms with Crippen molar-refractivity contribution in [1.29, 1.82) is 0 Å². The molecule has 0 aromatic heterocycles. The number of unbranched alkanes of at least 4 members (excludes halogenated alkanes) is 8. The van der Waals surface area contributed by atoms with Gasteiger partial charge in [-0.3, -0.25) is 10.2 Å². The van der Waals surface area contributed by atoms with Crippen molar-refractivity contribution in [1.82, 2.24) is 10.4 Å². The Morgan fingerprint density at radius 3 is 2.07 bits per heavy atom. The van der Waals surface area contributed by atoms with Gasteiger partial charge in [0.2, 0.25) is 5.91 Å². The number of carboxylic acid groups (broad SMARTS) is 1. The first-order chi connectivity index (χ1) is 14.2. The van der Waals surface area contributed by atoms with Crippen LogP contribution in [0.4, 0.5) is 0 Å². The number of carbonyl (C=O) groups excluding carboxylic acids is 1. The lowest BCUT2D eigenvalue weighted by Crippen LogP contribution is -2.35. The van der Waals surface area contributed by atoms with Crippen molar-refractivity contribution >= 4 is 11.9 Å². The highest BCUT2D eigenvalue weighted by Gasteiger charge is 2.02. The van der Waals surface area contributed by atoms with Crippen LogP contribution >= 0.6 is 0 Å². The number of hydrazine groups is 1. The first-order valence-electron chi connectivity index (χ1n) is 11.4. The zero-order valence-corrected chi connectivity index (χ0v) is 19.6. The van der Waals surface area contributed by atoms with E-state index in [2.05, 4.69) is 24.5 Å². The van der Waals surface area contributed by atoms with Crippen LogP contribution in [0, 0.1) is 0 Å². The van der Waals surface area contributed by atoms with Crippen molar-refractivity contribution in [2.45, 2.75) is 110 Å². The SMILES string of the molecule is CC(O)C(=O)O.CCCCCC[C@@H](O)C/C=C\CCCCCCCC(=O)NN(C)C. The first-order valence-corrected chi connectivity index (χ1v) is 11.4. The largest absolute Gasteiger partial charge is 0.479 e. The van der Waals surface area contributed by atoms with Crippen LogP contribution in [0.2, 0.25) is 0 Å². The van der Waals surface area contributed by atoms with Gasteiger partial charge >= 0.3 is 5.97 Å². The molecule has 0 aliphatic carbocycles. The van der Waals surface area contributed by atoms with Gasteiger partial charge in [0.05, 0.1) is 6.10 Å². The molecule has 0 bridgehead atoms. The van der Waals surface area contributed by atoms with Gasteiger partial charge in [-0.25, -0.2) is 9.80 Å². The van der Waals surface area contributed by atoms with E-state index in [0.717, 1.165) is 38.5 Å². The maximum Gasteiger partial charge on any atom is 0.332 e. The predicted octanol–water partition coefficient (Wildman–Crippen LogP) is 4.04. The number of carboxylic acids is 1. The molecule has 0 aromatic carbocycles. The lowest BCUT2D eigenvalue weighted by molar-refractivity contribution is -0.145. The number of allylic oxidation sites excluding steroid dienone is 1. The average Bonchev–Trinajstić information content (AvgIpc) is 2.66. The third-order valence-electron chi connectivity index (χ3n) is 4.45. The molecule has 30 heavy (non-hydrogen) atoms. The number of hydrogen-bond donors (Lipinski definition) is 4. The molecule has 0 heterocycles. The summed E-state index contributed by atoms with van der Waals surface area (Å²) in [5, 5.41) is 27.3. The third-order valence-corrected chi connectivity index (χ3v) is 4.45. The Hall–Kier alpha value is -1.44. The van der Waals surface area contributed by atoms with E-state index < -0.39 is 12.1 Å². The smallest absolute Gasteiger partial charge is 0.332 e. The molecule has 7 heteroatoms. The molecule has 0 saturated carbocycles. The van der Waals surface area contributed by atoms with Crippen molar-refractivity contribution in [2.75, 3.05) is 14.1 Å². The van der Waals surface area contributed by atoms with Crippen LogP contribution in [-0.2, 0) is 9.59 Å². The van der Waals surface area contributed by atoms with Gasteiger partial charge in [0.1, 0.15) is 6.10 Å². The van der Waals surface area contributed by atoms with E-state index in [-0.39, 0.29) is 12.0 Å². The second-order valence-electron chi connectivity index (χ2n) is 7.96. The van der Waals surface area contributed by atoms with Crippen LogP contribution in [0.25, 0.3) is 0 Å². The summed E-state index contributed by atoms with van der Waals surface area (Å²) >= 11 is 0. The van der Waals surface area contributed by atoms with Gasteiger partial charge in [0.15, 0.2) is 0 Å². The predicted molar refractivity (Wildman–Crippen MR) is 122 cm³/mol. The Bertz CT molecular complexity index is 439. The number of aliphatic hydroxyl groups is 2. The van der Waals surface area contributed by atoms with Gasteiger partial charge < -0.3 is 15.3 Å². The minimum absolute atomic E-state index is 0.108. The first kappa shape index (κ1) is 30.8. The number of amides is 1. The fraction of sp³-hybridized carbons (Fsp3) is 0.826. The summed E-state index contributed by atoms with van der Waals surface area (Å²) in [6.45, 7) is 3.41. The monoisotopic (exact) mass is 430 g/mol. The van der Waals surface area contributed by atoms with Gasteiger partial charge in [-0.15, -0.1) is 0 Å². The van der Waals surface area contributed by atoms with Crippen molar-refractivity contribution in [3.63, 3.8) is 0 Å². The van der Waals surface area contributed by atoms with Gasteiger partial charge in [-0.1, -0.05) is 64.0 Å². The molecular weight excluding hydrogens is 384 g/mol. The van der Waals surface area contributed by atoms with E-state index in [1.54, 1.807) is 5.01 Å². The molecule has 178 valence electrons. The summed E-state index contributed by atoms with van der Waals surface area (Å²) in [6, 6.07) is 0. The summed E-state index contributed by atoms with van der Waals surface area (Å²) < 4.78 is 0. The molecule has 0 aliphatic heterocycles. The van der Waals surface area contributed by atoms with E-state index in [0.29, 0.717) is 6.42 Å². The molecule has 0 aliphatic rings. The molecule has 0 spiro atoms. The third kappa shape index (κ3) is 26.6. The Morgan fingerprint density at radius 2 is 1.50 bits per heavy atom. The maximum atomic E-state index is 11.4. The summed E-state index contributed by atoms with van der Waals surface area (Å²) in [7, 11) is 3.66. The highest BCUT2D eigenvalue weighted by molar-refractivity contribution is 5.75. The van der Waals surface area contributed by atoms with Gasteiger partial charge in [0.25, 0.3) is 0 Å². The highest BCUT2D eigenvalue weighted by atomic mass is 16.4. The van der Waals surface area contributed by atoms with Crippen molar-refractivity contribution in [2.24, 2.45) is 0 Å². The van der Waals surface area contributed by atoms with Crippen LogP contribution in [0.15, 0.2) is 12.2 Å². The summed E-state index contributed by atoms with van der Waals surface area (Å²) in [5.41, 5.74) is 2.76. The maximum absolute atomic E-state index is 11.4. The molecule has 0 aromatic rings. The van der Waals surface area contributed by atoms with Crippen LogP contribution in [-0.4, -0.2) is 58.5 Å². The molecule has 0 radical (unpaired) electrons. The number of nitrogens with one attached hydrogen (secondary N) is 1. The number of hydrogen-bond acceptors (Lipinski definition) is 5. The van der Waals surface area contributed by atoms with Crippen LogP contribution in [0.5, 0.6) is 0 Å². The molecule has 1 amide bonds. The van der Waals surface area contributed by atoms with Crippen molar-refractivity contribution in [3.05, 3.63) is 12.2 Å². The molecule has 0 saturated heterocycles. The number of aliphatic hydroxyl groups excluding tert-OH is 2. The van der Waals surface area contributed by atoms with Crippen molar-refractivity contribution in [3.8, 4) is 0 Å². The molecule has 0 rings (SSSR count). The molecule has 4 N–H and O–H groups in total. The van der Waals surface area contributed by atoms with Crippen LogP contribution in [0.3, 0.4) is 0 Å². The minimum atomic E-state index is -1.23. The molecular formula is C23H46N2O5. The second-order valence-corrected chi connectivity index (χ2v) is 7.96. The quantitative estimate of drug-likeness (QED) is 0.157. The molecule has 7 nitrogen and oxygen atoms in total. The van der Waals surface area contributed by atoms with Gasteiger partial charge in [-0.2, -0.15) is 0 Å². The average molecular weight is 431 g/mol. The zero-order chi connectivity index (χ0) is 23.2. The fourth-order valence-corrected chi connectivity index (χ4v) is 2.68. The minimum Gasteiger partial charge on any atom is -0.479 e. The zero-order valence-electron chi connectivity index (χ0n) is 19.6. The van der Waals surface area contributed by atoms with E-state index in [1.165, 1.54) is 45.4 Å². The Labute approximate surface area is 183 Å². The number of rotatable bonds is 17. The molecule has 1 unspecified atom stereocenters. The van der Waals surface area contributed by atoms with E-state index in [9.17, 15) is 14.7 Å². The lowest BCUT2D eigenvalue weighted by atomic mass is 10.1. The highest BCUT2D eigenvalue weighted by Crippen LogP contribution is 2.10. The fourth-order valence-electron chi connectivity index (χ4n) is 2.68. The lowest BCUT2D eigenvalue weighted by Gasteiger charge is -2.11. The van der Waals surface area contributed by atoms with Crippen LogP contribution < -0.4 is 5.43 Å². The normalized spacial score (nSPS) is 13.0. The van der Waals surface area contributed by atoms with Crippen LogP contribution in [0.1, 0.15) is 97.3 Å². The number of nitrogens with zero attached hydrogens (tertiary/aromatic N) is 1. The second kappa shape index (κ2) is 22.2. The van der Waals surface area contributed by atoms with E-state index in [4.69, 9.17) is 10.2 Å². The molecule has 2 atom stereocenters. The molecule has 0 fully saturated rings. The van der Waals surface area contributed by atoms with Gasteiger partial charge in [-0.05, 0) is 39.0 Å². The number of aliphatic carboxylic acids is 1. The number of carbonyl (C=O) groups is 2. The standard InChI is InChI=1S/C20H40N2O2.C3H6O3/c1-4-5-6-13-16-19(23)17-14-11-9-7-8-10-12-15-18-20(24)21-22(2)3;1-2(4)3(5)6/h11,14,19,23H,4-10,12-13,15-18H2,1-3H3,(H,21,24);2,4H,1H3,(H,5,6)/b14-11-;/t19-;/m1./s1. The Kier molecular flexibility index (Phi) is 22.8. The summed E-state index contributed by atoms with van der Waals surface area (Å²) in [4.78, 5) is 20.9. The Morgan fingerprint density at radius 1 is 0.933 bits per heavy atom. The summed E-state index contributed by atoms with van der Waals surface area (Å²) in [6.07, 6.45) is 17.0. The van der Waals surface area contributed by atoms with E-state index >= 15 is 0 Å². The summed E-state index contributed by atoms with van der Waals surface area (Å²) in [5.74, 6) is -1.08. The van der Waals surface area contributed by atoms with Crippen molar-refractivity contribution < 1.29 is 24.9 Å².